The lowest BCUT2D eigenvalue weighted by Crippen LogP contribution is -2.36. The summed E-state index contributed by atoms with van der Waals surface area (Å²) >= 11 is 0. The second-order valence-corrected chi connectivity index (χ2v) is 6.59. The third-order valence-corrected chi connectivity index (χ3v) is 5.04. The van der Waals surface area contributed by atoms with Crippen LogP contribution in [-0.2, 0) is 6.42 Å². The summed E-state index contributed by atoms with van der Waals surface area (Å²) in [4.78, 5) is 28.6. The van der Waals surface area contributed by atoms with Crippen molar-refractivity contribution in [2.24, 2.45) is 5.73 Å². The molecule has 1 saturated heterocycles. The van der Waals surface area contributed by atoms with E-state index < -0.39 is 17.1 Å². The van der Waals surface area contributed by atoms with E-state index in [1.165, 1.54) is 6.07 Å². The molecule has 2 atom stereocenters. The van der Waals surface area contributed by atoms with Crippen molar-refractivity contribution in [1.29, 1.82) is 0 Å². The number of benzene rings is 1. The molecule has 3 heterocycles. The predicted octanol–water partition coefficient (Wildman–Crippen LogP) is 0.874. The zero-order valence-corrected chi connectivity index (χ0v) is 12.9. The van der Waals surface area contributed by atoms with Gasteiger partial charge in [-0.15, -0.1) is 0 Å². The summed E-state index contributed by atoms with van der Waals surface area (Å²) in [7, 11) is 0. The zero-order valence-electron chi connectivity index (χ0n) is 12.9. The lowest BCUT2D eigenvalue weighted by atomic mass is 9.95. The number of aromatic nitrogens is 2. The van der Waals surface area contributed by atoms with Crippen LogP contribution in [0.5, 0.6) is 0 Å². The SMILES string of the molecule is CC1CCc2c(N3CCC(N)C3)c(F)cc3c(=O)[nH]c(=O)n1c23. The monoisotopic (exact) mass is 318 g/mol. The molecule has 0 saturated carbocycles. The van der Waals surface area contributed by atoms with Crippen molar-refractivity contribution in [1.82, 2.24) is 9.55 Å². The molecule has 0 radical (unpaired) electrons. The molecule has 0 bridgehead atoms. The summed E-state index contributed by atoms with van der Waals surface area (Å²) < 4.78 is 16.3. The van der Waals surface area contributed by atoms with Crippen molar-refractivity contribution in [3.8, 4) is 0 Å². The number of hydrogen-bond donors (Lipinski definition) is 2. The van der Waals surface area contributed by atoms with Gasteiger partial charge in [0, 0.05) is 30.7 Å². The van der Waals surface area contributed by atoms with Crippen LogP contribution in [0.1, 0.15) is 31.4 Å². The summed E-state index contributed by atoms with van der Waals surface area (Å²) in [5, 5.41) is 0.246. The first-order valence-electron chi connectivity index (χ1n) is 7.98. The van der Waals surface area contributed by atoms with E-state index in [1.54, 1.807) is 4.57 Å². The average molecular weight is 318 g/mol. The Balaban J connectivity index is 2.09. The molecule has 1 fully saturated rings. The van der Waals surface area contributed by atoms with Crippen LogP contribution in [0.3, 0.4) is 0 Å². The van der Waals surface area contributed by atoms with Gasteiger partial charge in [0.2, 0.25) is 0 Å². The number of H-pyrrole nitrogens is 1. The fourth-order valence-electron chi connectivity index (χ4n) is 3.93. The fraction of sp³-hybridized carbons (Fsp3) is 0.500. The Labute approximate surface area is 131 Å². The molecule has 0 spiro atoms. The normalized spacial score (nSPS) is 23.7. The van der Waals surface area contributed by atoms with E-state index in [-0.39, 0.29) is 17.5 Å². The molecule has 3 N–H and O–H groups in total. The molecule has 122 valence electrons. The van der Waals surface area contributed by atoms with E-state index >= 15 is 0 Å². The lowest BCUT2D eigenvalue weighted by molar-refractivity contribution is 0.478. The van der Waals surface area contributed by atoms with Crippen molar-refractivity contribution in [2.45, 2.75) is 38.3 Å². The van der Waals surface area contributed by atoms with Crippen LogP contribution in [0, 0.1) is 5.82 Å². The molecule has 23 heavy (non-hydrogen) atoms. The van der Waals surface area contributed by atoms with Gasteiger partial charge in [0.1, 0.15) is 5.82 Å². The van der Waals surface area contributed by atoms with E-state index in [2.05, 4.69) is 4.98 Å². The van der Waals surface area contributed by atoms with Crippen LogP contribution in [0.4, 0.5) is 10.1 Å². The van der Waals surface area contributed by atoms with Gasteiger partial charge in [-0.05, 0) is 32.3 Å². The molecule has 2 unspecified atom stereocenters. The second-order valence-electron chi connectivity index (χ2n) is 6.59. The number of nitrogens with two attached hydrogens (primary N) is 1. The highest BCUT2D eigenvalue weighted by Crippen LogP contribution is 2.37. The summed E-state index contributed by atoms with van der Waals surface area (Å²) in [6, 6.07) is 1.26. The molecule has 2 aliphatic rings. The fourth-order valence-corrected chi connectivity index (χ4v) is 3.93. The molecular formula is C16H19FN4O2. The van der Waals surface area contributed by atoms with E-state index in [1.807, 2.05) is 11.8 Å². The number of halogens is 1. The van der Waals surface area contributed by atoms with Crippen LogP contribution < -0.4 is 21.9 Å². The van der Waals surface area contributed by atoms with Gasteiger partial charge in [-0.3, -0.25) is 14.3 Å². The predicted molar refractivity (Wildman–Crippen MR) is 86.6 cm³/mol. The smallest absolute Gasteiger partial charge is 0.329 e. The molecule has 2 aliphatic heterocycles. The van der Waals surface area contributed by atoms with Crippen molar-refractivity contribution in [3.05, 3.63) is 38.3 Å². The number of nitrogens with one attached hydrogen (secondary N) is 1. The summed E-state index contributed by atoms with van der Waals surface area (Å²) in [6.07, 6.45) is 2.21. The zero-order chi connectivity index (χ0) is 16.3. The Bertz CT molecular complexity index is 917. The highest BCUT2D eigenvalue weighted by molar-refractivity contribution is 5.88. The Morgan fingerprint density at radius 2 is 2.13 bits per heavy atom. The highest BCUT2D eigenvalue weighted by atomic mass is 19.1. The van der Waals surface area contributed by atoms with Crippen LogP contribution in [-0.4, -0.2) is 28.7 Å². The van der Waals surface area contributed by atoms with Gasteiger partial charge in [-0.25, -0.2) is 9.18 Å². The standard InChI is InChI=1S/C16H19FN4O2/c1-8-2-3-10-13-11(15(22)19-16(23)21(8)13)6-12(17)14(10)20-5-4-9(18)7-20/h6,8-9H,2-5,7,18H2,1H3,(H,19,22,23). The van der Waals surface area contributed by atoms with E-state index in [4.69, 9.17) is 5.73 Å². The van der Waals surface area contributed by atoms with E-state index in [0.717, 1.165) is 18.4 Å². The van der Waals surface area contributed by atoms with Crippen molar-refractivity contribution in [2.75, 3.05) is 18.0 Å². The number of anilines is 1. The van der Waals surface area contributed by atoms with Crippen molar-refractivity contribution >= 4 is 16.6 Å². The highest BCUT2D eigenvalue weighted by Gasteiger charge is 2.30. The maximum atomic E-state index is 14.8. The average Bonchev–Trinajstić information content (AvgIpc) is 2.91. The summed E-state index contributed by atoms with van der Waals surface area (Å²) in [5.41, 5.74) is 6.85. The third-order valence-electron chi connectivity index (χ3n) is 5.04. The molecule has 7 heteroatoms. The molecule has 4 rings (SSSR count). The van der Waals surface area contributed by atoms with Gasteiger partial charge in [0.25, 0.3) is 5.56 Å². The minimum atomic E-state index is -0.528. The molecule has 0 aliphatic carbocycles. The van der Waals surface area contributed by atoms with Crippen molar-refractivity contribution < 1.29 is 4.39 Å². The third kappa shape index (κ3) is 2.03. The Morgan fingerprint density at radius 1 is 1.35 bits per heavy atom. The topological polar surface area (TPSA) is 84.1 Å². The maximum Gasteiger partial charge on any atom is 0.329 e. The number of hydrogen-bond acceptors (Lipinski definition) is 4. The largest absolute Gasteiger partial charge is 0.367 e. The Morgan fingerprint density at radius 3 is 2.83 bits per heavy atom. The lowest BCUT2D eigenvalue weighted by Gasteiger charge is -2.30. The first kappa shape index (κ1) is 14.4. The number of nitrogens with zero attached hydrogens (tertiary/aromatic N) is 2. The van der Waals surface area contributed by atoms with Gasteiger partial charge in [-0.1, -0.05) is 0 Å². The van der Waals surface area contributed by atoms with Gasteiger partial charge in [0.15, 0.2) is 0 Å². The first-order chi connectivity index (χ1) is 11.0. The Hall–Kier alpha value is -2.15. The van der Waals surface area contributed by atoms with Gasteiger partial charge in [-0.2, -0.15) is 0 Å². The molecule has 0 amide bonds. The summed E-state index contributed by atoms with van der Waals surface area (Å²) in [5.74, 6) is -0.410. The van der Waals surface area contributed by atoms with Crippen LogP contribution in [0.2, 0.25) is 0 Å². The van der Waals surface area contributed by atoms with E-state index in [0.29, 0.717) is 30.7 Å². The van der Waals surface area contributed by atoms with Crippen LogP contribution >= 0.6 is 0 Å². The van der Waals surface area contributed by atoms with Gasteiger partial charge in [0.05, 0.1) is 16.6 Å². The number of aromatic amines is 1. The maximum absolute atomic E-state index is 14.8. The van der Waals surface area contributed by atoms with Gasteiger partial charge < -0.3 is 10.6 Å². The molecule has 2 aromatic rings. The van der Waals surface area contributed by atoms with Crippen molar-refractivity contribution in [3.63, 3.8) is 0 Å². The van der Waals surface area contributed by atoms with Gasteiger partial charge >= 0.3 is 5.69 Å². The Kier molecular flexibility index (Phi) is 3.09. The molecule has 6 nitrogen and oxygen atoms in total. The molecule has 1 aromatic heterocycles. The van der Waals surface area contributed by atoms with Crippen LogP contribution in [0.25, 0.3) is 10.9 Å². The second kappa shape index (κ2) is 4.92. The van der Waals surface area contributed by atoms with E-state index in [9.17, 15) is 14.0 Å². The quantitative estimate of drug-likeness (QED) is 0.817. The first-order valence-corrected chi connectivity index (χ1v) is 7.98. The summed E-state index contributed by atoms with van der Waals surface area (Å²) in [6.45, 7) is 3.23. The minimum Gasteiger partial charge on any atom is -0.367 e. The number of rotatable bonds is 1. The number of aryl methyl sites for hydroxylation is 1. The molecular weight excluding hydrogens is 299 g/mol. The minimum absolute atomic E-state index is 0.0199. The molecule has 1 aromatic carbocycles. The van der Waals surface area contributed by atoms with Crippen LogP contribution in [0.15, 0.2) is 15.7 Å².